The molecule has 0 bridgehead atoms. The highest BCUT2D eigenvalue weighted by Gasteiger charge is 2.12. The summed E-state index contributed by atoms with van der Waals surface area (Å²) in [6.45, 7) is 7.12. The number of anilines is 4. The van der Waals surface area contributed by atoms with E-state index in [-0.39, 0.29) is 0 Å². The molecule has 0 aliphatic carbocycles. The second-order valence-corrected chi connectivity index (χ2v) is 5.91. The van der Waals surface area contributed by atoms with Crippen LogP contribution in [-0.4, -0.2) is 16.5 Å². The van der Waals surface area contributed by atoms with E-state index < -0.39 is 0 Å². The van der Waals surface area contributed by atoms with Gasteiger partial charge in [-0.05, 0) is 44.0 Å². The Morgan fingerprint density at radius 3 is 2.36 bits per heavy atom. The Morgan fingerprint density at radius 2 is 1.64 bits per heavy atom. The number of hydrogen-bond acceptors (Lipinski definition) is 4. The Labute approximate surface area is 149 Å². The number of para-hydroxylation sites is 2. The number of benzene rings is 2. The van der Waals surface area contributed by atoms with Crippen molar-refractivity contribution in [2.45, 2.75) is 27.2 Å². The molecule has 3 aromatic rings. The maximum atomic E-state index is 4.76. The van der Waals surface area contributed by atoms with E-state index in [1.54, 1.807) is 0 Å². The number of nitrogens with zero attached hydrogens (tertiary/aromatic N) is 3. The minimum Gasteiger partial charge on any atom is -0.326 e. The first-order chi connectivity index (χ1) is 12.2. The summed E-state index contributed by atoms with van der Waals surface area (Å²) in [7, 11) is 0. The van der Waals surface area contributed by atoms with Crippen molar-refractivity contribution in [2.75, 3.05) is 16.8 Å². The summed E-state index contributed by atoms with van der Waals surface area (Å²) in [6.07, 6.45) is 0.965. The molecule has 0 aliphatic heterocycles. The van der Waals surface area contributed by atoms with Crippen LogP contribution in [0.1, 0.15) is 25.1 Å². The Bertz CT molecular complexity index is 830. The average Bonchev–Trinajstić information content (AvgIpc) is 2.63. The molecule has 0 unspecified atom stereocenters. The Hall–Kier alpha value is -2.88. The monoisotopic (exact) mass is 332 g/mol. The van der Waals surface area contributed by atoms with Crippen LogP contribution in [0.2, 0.25) is 0 Å². The molecule has 4 nitrogen and oxygen atoms in total. The quantitative estimate of drug-likeness (QED) is 0.669. The lowest BCUT2D eigenvalue weighted by molar-refractivity contribution is 0.968. The van der Waals surface area contributed by atoms with Crippen LogP contribution >= 0.6 is 0 Å². The molecule has 0 spiro atoms. The number of aryl methyl sites for hydroxylation is 2. The molecule has 0 saturated heterocycles. The van der Waals surface area contributed by atoms with Gasteiger partial charge in [-0.3, -0.25) is 0 Å². The topological polar surface area (TPSA) is 41.1 Å². The van der Waals surface area contributed by atoms with Crippen molar-refractivity contribution in [2.24, 2.45) is 0 Å². The van der Waals surface area contributed by atoms with Gasteiger partial charge in [-0.1, -0.05) is 43.3 Å². The molecule has 2 aromatic carbocycles. The zero-order valence-corrected chi connectivity index (χ0v) is 15.0. The standard InChI is InChI=1S/C21H24N4/c1-4-17-11-9-10-14-19(17)23-21-22-16(3)15-20(24-21)25(5-2)18-12-7-6-8-13-18/h6-15H,4-5H2,1-3H3,(H,22,23,24). The van der Waals surface area contributed by atoms with Gasteiger partial charge in [-0.2, -0.15) is 4.98 Å². The minimum atomic E-state index is 0.630. The van der Waals surface area contributed by atoms with Gasteiger partial charge in [0.2, 0.25) is 5.95 Å². The van der Waals surface area contributed by atoms with Crippen LogP contribution in [0.15, 0.2) is 60.7 Å². The number of rotatable bonds is 6. The van der Waals surface area contributed by atoms with Crippen molar-refractivity contribution >= 4 is 23.1 Å². The van der Waals surface area contributed by atoms with Crippen molar-refractivity contribution in [3.63, 3.8) is 0 Å². The van der Waals surface area contributed by atoms with Crippen LogP contribution < -0.4 is 10.2 Å². The molecule has 4 heteroatoms. The van der Waals surface area contributed by atoms with Gasteiger partial charge >= 0.3 is 0 Å². The fourth-order valence-electron chi connectivity index (χ4n) is 2.90. The Kier molecular flexibility index (Phi) is 5.29. The van der Waals surface area contributed by atoms with Gasteiger partial charge in [-0.25, -0.2) is 4.98 Å². The molecule has 0 radical (unpaired) electrons. The van der Waals surface area contributed by atoms with Gasteiger partial charge in [0, 0.05) is 29.7 Å². The first-order valence-electron chi connectivity index (χ1n) is 8.74. The number of hydrogen-bond donors (Lipinski definition) is 1. The molecule has 1 heterocycles. The molecule has 0 aliphatic rings. The van der Waals surface area contributed by atoms with Crippen LogP contribution in [0.5, 0.6) is 0 Å². The van der Waals surface area contributed by atoms with E-state index in [1.165, 1.54) is 5.56 Å². The van der Waals surface area contributed by atoms with Crippen LogP contribution in [0.3, 0.4) is 0 Å². The van der Waals surface area contributed by atoms with E-state index in [9.17, 15) is 0 Å². The van der Waals surface area contributed by atoms with Crippen molar-refractivity contribution in [3.05, 3.63) is 71.9 Å². The lowest BCUT2D eigenvalue weighted by Gasteiger charge is -2.23. The summed E-state index contributed by atoms with van der Waals surface area (Å²) in [6, 6.07) is 20.6. The van der Waals surface area contributed by atoms with Crippen molar-refractivity contribution in [3.8, 4) is 0 Å². The molecular weight excluding hydrogens is 308 g/mol. The van der Waals surface area contributed by atoms with Crippen LogP contribution in [-0.2, 0) is 6.42 Å². The molecule has 0 atom stereocenters. The smallest absolute Gasteiger partial charge is 0.229 e. The fourth-order valence-corrected chi connectivity index (χ4v) is 2.90. The summed E-state index contributed by atoms with van der Waals surface area (Å²) in [5, 5.41) is 3.39. The third kappa shape index (κ3) is 3.97. The predicted octanol–water partition coefficient (Wildman–Crippen LogP) is 5.25. The van der Waals surface area contributed by atoms with Gasteiger partial charge in [-0.15, -0.1) is 0 Å². The molecule has 0 fully saturated rings. The first kappa shape index (κ1) is 17.0. The second kappa shape index (κ2) is 7.79. The summed E-state index contributed by atoms with van der Waals surface area (Å²) in [4.78, 5) is 11.5. The maximum absolute atomic E-state index is 4.76. The average molecular weight is 332 g/mol. The molecule has 1 N–H and O–H groups in total. The fraction of sp³-hybridized carbons (Fsp3) is 0.238. The van der Waals surface area contributed by atoms with Gasteiger partial charge in [0.25, 0.3) is 0 Å². The number of aromatic nitrogens is 2. The van der Waals surface area contributed by atoms with E-state index in [0.29, 0.717) is 5.95 Å². The number of nitrogens with one attached hydrogen (secondary N) is 1. The zero-order valence-electron chi connectivity index (χ0n) is 15.0. The molecule has 3 rings (SSSR count). The highest BCUT2D eigenvalue weighted by atomic mass is 15.2. The largest absolute Gasteiger partial charge is 0.326 e. The third-order valence-electron chi connectivity index (χ3n) is 4.15. The van der Waals surface area contributed by atoms with Crippen molar-refractivity contribution < 1.29 is 0 Å². The predicted molar refractivity (Wildman–Crippen MR) is 105 cm³/mol. The molecular formula is C21H24N4. The van der Waals surface area contributed by atoms with Gasteiger partial charge in [0.1, 0.15) is 5.82 Å². The summed E-state index contributed by atoms with van der Waals surface area (Å²) >= 11 is 0. The maximum Gasteiger partial charge on any atom is 0.229 e. The van der Waals surface area contributed by atoms with Crippen LogP contribution in [0, 0.1) is 6.92 Å². The van der Waals surface area contributed by atoms with E-state index in [0.717, 1.165) is 35.9 Å². The van der Waals surface area contributed by atoms with E-state index in [2.05, 4.69) is 59.4 Å². The molecule has 128 valence electrons. The van der Waals surface area contributed by atoms with E-state index >= 15 is 0 Å². The van der Waals surface area contributed by atoms with Crippen LogP contribution in [0.25, 0.3) is 0 Å². The van der Waals surface area contributed by atoms with Crippen LogP contribution in [0.4, 0.5) is 23.1 Å². The highest BCUT2D eigenvalue weighted by molar-refractivity contribution is 5.64. The van der Waals surface area contributed by atoms with Gasteiger partial charge in [0.15, 0.2) is 0 Å². The highest BCUT2D eigenvalue weighted by Crippen LogP contribution is 2.26. The lowest BCUT2D eigenvalue weighted by atomic mass is 10.1. The summed E-state index contributed by atoms with van der Waals surface area (Å²) in [5.41, 5.74) is 4.38. The normalized spacial score (nSPS) is 10.5. The SMILES string of the molecule is CCc1ccccc1Nc1nc(C)cc(N(CC)c2ccccc2)n1. The molecule has 1 aromatic heterocycles. The third-order valence-corrected chi connectivity index (χ3v) is 4.15. The molecule has 25 heavy (non-hydrogen) atoms. The Morgan fingerprint density at radius 1 is 0.920 bits per heavy atom. The van der Waals surface area contributed by atoms with Crippen molar-refractivity contribution in [1.29, 1.82) is 0 Å². The Balaban J connectivity index is 1.95. The zero-order chi connectivity index (χ0) is 17.6. The summed E-state index contributed by atoms with van der Waals surface area (Å²) < 4.78 is 0. The first-order valence-corrected chi connectivity index (χ1v) is 8.74. The summed E-state index contributed by atoms with van der Waals surface area (Å²) in [5.74, 6) is 1.53. The van der Waals surface area contributed by atoms with Gasteiger partial charge < -0.3 is 10.2 Å². The van der Waals surface area contributed by atoms with E-state index in [1.807, 2.05) is 37.3 Å². The van der Waals surface area contributed by atoms with Crippen molar-refractivity contribution in [1.82, 2.24) is 9.97 Å². The molecule has 0 saturated carbocycles. The molecule has 0 amide bonds. The minimum absolute atomic E-state index is 0.630. The van der Waals surface area contributed by atoms with Gasteiger partial charge in [0.05, 0.1) is 0 Å². The van der Waals surface area contributed by atoms with E-state index in [4.69, 9.17) is 4.98 Å². The second-order valence-electron chi connectivity index (χ2n) is 5.91. The lowest BCUT2D eigenvalue weighted by Crippen LogP contribution is -2.18.